The van der Waals surface area contributed by atoms with Gasteiger partial charge in [0, 0.05) is 10.8 Å². The standard InChI is InChI=1S/C17H21NO/c1-3-15(12-7-5-4-6-8-12)10-16(14(18)19)9-13-11(2)17(13,15)16/h4-8,11,13H,3,9-10H2,1-2H3,(H2,18,19). The Labute approximate surface area is 114 Å². The fraction of sp³-hybridized carbons (Fsp3) is 0.588. The lowest BCUT2D eigenvalue weighted by Gasteiger charge is -2.69. The first-order valence-corrected chi connectivity index (χ1v) is 7.42. The Kier molecular flexibility index (Phi) is 1.85. The first kappa shape index (κ1) is 11.5. The van der Waals surface area contributed by atoms with Crippen molar-refractivity contribution in [3.63, 3.8) is 0 Å². The molecule has 2 heteroatoms. The fourth-order valence-electron chi connectivity index (χ4n) is 6.32. The van der Waals surface area contributed by atoms with Crippen LogP contribution in [0, 0.1) is 22.7 Å². The SMILES string of the molecule is CCC1(c2ccccc2)CC2(C(N)=O)CC3C(C)C321. The van der Waals surface area contributed by atoms with Crippen molar-refractivity contribution in [1.82, 2.24) is 0 Å². The van der Waals surface area contributed by atoms with Crippen LogP contribution in [-0.2, 0) is 10.2 Å². The average Bonchev–Trinajstić information content (AvgIpc) is 2.98. The Bertz CT molecular complexity index is 562. The summed E-state index contributed by atoms with van der Waals surface area (Å²) in [5.74, 6) is 1.34. The molecule has 0 aromatic heterocycles. The van der Waals surface area contributed by atoms with Crippen LogP contribution in [0.2, 0.25) is 0 Å². The molecule has 0 aliphatic heterocycles. The van der Waals surface area contributed by atoms with Gasteiger partial charge in [-0.05, 0) is 36.7 Å². The van der Waals surface area contributed by atoms with Crippen molar-refractivity contribution in [3.05, 3.63) is 35.9 Å². The molecule has 3 aliphatic rings. The Hall–Kier alpha value is -1.31. The molecule has 3 fully saturated rings. The predicted molar refractivity (Wildman–Crippen MR) is 74.4 cm³/mol. The Morgan fingerprint density at radius 3 is 2.53 bits per heavy atom. The van der Waals surface area contributed by atoms with Gasteiger partial charge in [0.1, 0.15) is 0 Å². The van der Waals surface area contributed by atoms with Gasteiger partial charge < -0.3 is 5.73 Å². The van der Waals surface area contributed by atoms with E-state index in [2.05, 4.69) is 44.2 Å². The topological polar surface area (TPSA) is 43.1 Å². The summed E-state index contributed by atoms with van der Waals surface area (Å²) in [4.78, 5) is 12.0. The molecule has 5 atom stereocenters. The number of hydrogen-bond acceptors (Lipinski definition) is 1. The summed E-state index contributed by atoms with van der Waals surface area (Å²) in [5, 5.41) is 0. The zero-order chi connectivity index (χ0) is 13.5. The van der Waals surface area contributed by atoms with Gasteiger partial charge in [-0.3, -0.25) is 4.79 Å². The Balaban J connectivity index is 1.84. The summed E-state index contributed by atoms with van der Waals surface area (Å²) >= 11 is 0. The normalized spacial score (nSPS) is 49.4. The number of carbonyl (C=O) groups excluding carboxylic acids is 1. The van der Waals surface area contributed by atoms with E-state index in [1.54, 1.807) is 0 Å². The van der Waals surface area contributed by atoms with Crippen LogP contribution in [0.1, 0.15) is 38.7 Å². The van der Waals surface area contributed by atoms with E-state index >= 15 is 0 Å². The lowest BCUT2D eigenvalue weighted by molar-refractivity contribution is -0.191. The van der Waals surface area contributed by atoms with Crippen LogP contribution < -0.4 is 5.73 Å². The minimum Gasteiger partial charge on any atom is -0.369 e. The summed E-state index contributed by atoms with van der Waals surface area (Å²) in [6, 6.07) is 10.8. The maximum atomic E-state index is 12.0. The number of benzene rings is 1. The monoisotopic (exact) mass is 255 g/mol. The van der Waals surface area contributed by atoms with Crippen molar-refractivity contribution in [1.29, 1.82) is 0 Å². The van der Waals surface area contributed by atoms with Crippen molar-refractivity contribution in [2.75, 3.05) is 0 Å². The van der Waals surface area contributed by atoms with Crippen molar-refractivity contribution in [2.45, 2.75) is 38.5 Å². The largest absolute Gasteiger partial charge is 0.369 e. The molecule has 1 spiro atoms. The molecule has 1 amide bonds. The van der Waals surface area contributed by atoms with Gasteiger partial charge in [-0.2, -0.15) is 0 Å². The first-order valence-electron chi connectivity index (χ1n) is 7.42. The third-order valence-electron chi connectivity index (χ3n) is 6.95. The first-order chi connectivity index (χ1) is 9.07. The number of rotatable bonds is 3. The summed E-state index contributed by atoms with van der Waals surface area (Å²) < 4.78 is 0. The molecule has 2 N–H and O–H groups in total. The Morgan fingerprint density at radius 2 is 2.05 bits per heavy atom. The van der Waals surface area contributed by atoms with Crippen LogP contribution in [0.25, 0.3) is 0 Å². The van der Waals surface area contributed by atoms with E-state index in [4.69, 9.17) is 5.73 Å². The molecular weight excluding hydrogens is 234 g/mol. The second kappa shape index (κ2) is 3.05. The summed E-state index contributed by atoms with van der Waals surface area (Å²) in [6.45, 7) is 4.59. The summed E-state index contributed by atoms with van der Waals surface area (Å²) in [7, 11) is 0. The van der Waals surface area contributed by atoms with E-state index in [0.29, 0.717) is 5.92 Å². The van der Waals surface area contributed by atoms with Crippen LogP contribution in [0.15, 0.2) is 30.3 Å². The van der Waals surface area contributed by atoms with Crippen molar-refractivity contribution in [2.24, 2.45) is 28.4 Å². The third-order valence-corrected chi connectivity index (χ3v) is 6.95. The molecule has 3 aliphatic carbocycles. The number of primary amides is 1. The van der Waals surface area contributed by atoms with E-state index in [-0.39, 0.29) is 22.2 Å². The smallest absolute Gasteiger partial charge is 0.224 e. The molecular formula is C17H21NO. The number of nitrogens with two attached hydrogens (primary N) is 1. The average molecular weight is 255 g/mol. The molecule has 0 bridgehead atoms. The predicted octanol–water partition coefficient (Wildman–Crippen LogP) is 2.87. The zero-order valence-electron chi connectivity index (χ0n) is 11.6. The van der Waals surface area contributed by atoms with Gasteiger partial charge in [-0.15, -0.1) is 0 Å². The number of carbonyl (C=O) groups is 1. The highest BCUT2D eigenvalue weighted by Crippen LogP contribution is 2.95. The molecule has 1 aromatic rings. The van der Waals surface area contributed by atoms with Crippen molar-refractivity contribution >= 4 is 5.91 Å². The van der Waals surface area contributed by atoms with Crippen LogP contribution in [0.5, 0.6) is 0 Å². The van der Waals surface area contributed by atoms with Gasteiger partial charge in [-0.1, -0.05) is 44.2 Å². The lowest BCUT2D eigenvalue weighted by Crippen LogP contribution is -2.72. The minimum absolute atomic E-state index is 0.0480. The van der Waals surface area contributed by atoms with Gasteiger partial charge in [0.15, 0.2) is 0 Å². The molecule has 0 saturated heterocycles. The molecule has 1 aromatic carbocycles. The highest BCUT2D eigenvalue weighted by molar-refractivity contribution is 5.88. The van der Waals surface area contributed by atoms with Gasteiger partial charge in [-0.25, -0.2) is 0 Å². The van der Waals surface area contributed by atoms with E-state index in [1.807, 2.05) is 0 Å². The molecule has 3 saturated carbocycles. The third kappa shape index (κ3) is 0.861. The molecule has 19 heavy (non-hydrogen) atoms. The van der Waals surface area contributed by atoms with Crippen LogP contribution in [-0.4, -0.2) is 5.91 Å². The maximum Gasteiger partial charge on any atom is 0.224 e. The number of hydrogen-bond donors (Lipinski definition) is 1. The second-order valence-corrected chi connectivity index (χ2v) is 6.89. The van der Waals surface area contributed by atoms with Crippen molar-refractivity contribution < 1.29 is 4.79 Å². The van der Waals surface area contributed by atoms with Gasteiger partial charge in [0.2, 0.25) is 5.91 Å². The highest BCUT2D eigenvalue weighted by atomic mass is 16.1. The second-order valence-electron chi connectivity index (χ2n) is 6.89. The summed E-state index contributed by atoms with van der Waals surface area (Å²) in [6.07, 6.45) is 3.13. The summed E-state index contributed by atoms with van der Waals surface area (Å²) in [5.41, 5.74) is 7.40. The minimum atomic E-state index is -0.178. The Morgan fingerprint density at radius 1 is 1.37 bits per heavy atom. The zero-order valence-corrected chi connectivity index (χ0v) is 11.6. The maximum absolute atomic E-state index is 12.0. The van der Waals surface area contributed by atoms with E-state index in [0.717, 1.165) is 25.2 Å². The van der Waals surface area contributed by atoms with E-state index in [9.17, 15) is 4.79 Å². The van der Waals surface area contributed by atoms with Crippen LogP contribution >= 0.6 is 0 Å². The highest BCUT2D eigenvalue weighted by Gasteiger charge is 2.95. The molecule has 0 radical (unpaired) electrons. The molecule has 100 valence electrons. The van der Waals surface area contributed by atoms with Crippen LogP contribution in [0.4, 0.5) is 0 Å². The van der Waals surface area contributed by atoms with Crippen LogP contribution in [0.3, 0.4) is 0 Å². The van der Waals surface area contributed by atoms with E-state index < -0.39 is 0 Å². The quantitative estimate of drug-likeness (QED) is 0.886. The number of amides is 1. The lowest BCUT2D eigenvalue weighted by atomic mass is 9.32. The van der Waals surface area contributed by atoms with Gasteiger partial charge in [0.05, 0.1) is 5.41 Å². The van der Waals surface area contributed by atoms with Crippen molar-refractivity contribution in [3.8, 4) is 0 Å². The molecule has 0 heterocycles. The molecule has 4 rings (SSSR count). The van der Waals surface area contributed by atoms with Gasteiger partial charge in [0.25, 0.3) is 0 Å². The molecule has 2 nitrogen and oxygen atoms in total. The fourth-order valence-corrected chi connectivity index (χ4v) is 6.32. The molecule has 5 unspecified atom stereocenters. The van der Waals surface area contributed by atoms with Gasteiger partial charge >= 0.3 is 0 Å². The van der Waals surface area contributed by atoms with E-state index in [1.165, 1.54) is 5.56 Å².